The van der Waals surface area contributed by atoms with Gasteiger partial charge in [-0.1, -0.05) is 6.07 Å². The number of carboxylic acid groups (broad SMARTS) is 1. The molecule has 0 saturated carbocycles. The summed E-state index contributed by atoms with van der Waals surface area (Å²) in [6, 6.07) is 8.06. The van der Waals surface area contributed by atoms with Crippen LogP contribution in [0.25, 0.3) is 0 Å². The van der Waals surface area contributed by atoms with Gasteiger partial charge in [-0.25, -0.2) is 4.79 Å². The van der Waals surface area contributed by atoms with Crippen LogP contribution in [0.1, 0.15) is 11.3 Å². The van der Waals surface area contributed by atoms with E-state index in [1.165, 1.54) is 0 Å². The number of ether oxygens (including phenoxy) is 3. The van der Waals surface area contributed by atoms with E-state index in [1.807, 2.05) is 22.9 Å². The molecule has 186 valence electrons. The highest BCUT2D eigenvalue weighted by atomic mass is 19.4. The van der Waals surface area contributed by atoms with Gasteiger partial charge >= 0.3 is 12.1 Å². The second-order valence-electron chi connectivity index (χ2n) is 7.89. The molecule has 1 N–H and O–H groups in total. The van der Waals surface area contributed by atoms with Crippen LogP contribution in [0.4, 0.5) is 13.2 Å². The van der Waals surface area contributed by atoms with E-state index >= 15 is 0 Å². The van der Waals surface area contributed by atoms with Gasteiger partial charge in [-0.15, -0.1) is 0 Å². The van der Waals surface area contributed by atoms with Crippen LogP contribution in [-0.2, 0) is 34.0 Å². The number of likely N-dealkylation sites (N-methyl/N-ethyl adjacent to an activating group) is 1. The second-order valence-corrected chi connectivity index (χ2v) is 7.89. The highest BCUT2D eigenvalue weighted by Crippen LogP contribution is 2.33. The van der Waals surface area contributed by atoms with Gasteiger partial charge in [-0.2, -0.15) is 18.3 Å². The molecule has 1 amide bonds. The van der Waals surface area contributed by atoms with Gasteiger partial charge in [0.1, 0.15) is 6.61 Å². The number of carbonyl (C=O) groups is 2. The van der Waals surface area contributed by atoms with Crippen molar-refractivity contribution in [3.8, 4) is 11.5 Å². The molecule has 1 atom stereocenters. The molecule has 2 aromatic rings. The van der Waals surface area contributed by atoms with Gasteiger partial charge < -0.3 is 24.2 Å². The third-order valence-corrected chi connectivity index (χ3v) is 5.06. The van der Waals surface area contributed by atoms with Gasteiger partial charge in [0.25, 0.3) is 0 Å². The lowest BCUT2D eigenvalue weighted by atomic mass is 10.1. The lowest BCUT2D eigenvalue weighted by Crippen LogP contribution is -2.36. The van der Waals surface area contributed by atoms with Crippen LogP contribution in [0.5, 0.6) is 11.5 Å². The smallest absolute Gasteiger partial charge is 0.475 e. The van der Waals surface area contributed by atoms with Gasteiger partial charge in [-0.3, -0.25) is 14.4 Å². The summed E-state index contributed by atoms with van der Waals surface area (Å²) >= 11 is 0. The molecule has 0 saturated heterocycles. The van der Waals surface area contributed by atoms with E-state index in [4.69, 9.17) is 24.1 Å². The van der Waals surface area contributed by atoms with Gasteiger partial charge in [0.2, 0.25) is 12.7 Å². The Hall–Kier alpha value is -3.32. The Balaban J connectivity index is 0.000000406. The van der Waals surface area contributed by atoms with E-state index in [9.17, 15) is 18.0 Å². The number of hydrogen-bond donors (Lipinski definition) is 1. The minimum absolute atomic E-state index is 0.0396. The van der Waals surface area contributed by atoms with Crippen molar-refractivity contribution in [2.45, 2.75) is 31.9 Å². The molecule has 2 aliphatic rings. The molecule has 4 rings (SSSR count). The fourth-order valence-corrected chi connectivity index (χ4v) is 3.33. The maximum atomic E-state index is 11.9. The van der Waals surface area contributed by atoms with Crippen LogP contribution in [0.15, 0.2) is 30.5 Å². The molecule has 0 radical (unpaired) electrons. The number of amides is 1. The SMILES string of the molecule is CN(C)C(=O)COC1CN(Cc2ccc3c(c2)OCO3)Cc2ccnn2C1.O=C(O)C(F)(F)F. The molecule has 0 aliphatic carbocycles. The van der Waals surface area contributed by atoms with Gasteiger partial charge in [0, 0.05) is 39.9 Å². The third-order valence-electron chi connectivity index (χ3n) is 5.06. The van der Waals surface area contributed by atoms with Crippen LogP contribution in [0, 0.1) is 0 Å². The van der Waals surface area contributed by atoms with Crippen molar-refractivity contribution < 1.29 is 42.1 Å². The Bertz CT molecular complexity index is 1010. The van der Waals surface area contributed by atoms with Crippen LogP contribution in [0.3, 0.4) is 0 Å². The molecule has 2 aliphatic heterocycles. The number of halogens is 3. The van der Waals surface area contributed by atoms with E-state index in [0.29, 0.717) is 6.54 Å². The monoisotopic (exact) mass is 486 g/mol. The number of hydrogen-bond acceptors (Lipinski definition) is 7. The molecule has 34 heavy (non-hydrogen) atoms. The Labute approximate surface area is 193 Å². The van der Waals surface area contributed by atoms with Gasteiger partial charge in [0.15, 0.2) is 11.5 Å². The Morgan fingerprint density at radius 1 is 1.21 bits per heavy atom. The lowest BCUT2D eigenvalue weighted by molar-refractivity contribution is -0.192. The molecule has 10 nitrogen and oxygen atoms in total. The Kier molecular flexibility index (Phi) is 7.99. The maximum Gasteiger partial charge on any atom is 0.490 e. The van der Waals surface area contributed by atoms with Crippen LogP contribution in [-0.4, -0.2) is 82.9 Å². The van der Waals surface area contributed by atoms with Crippen LogP contribution in [0.2, 0.25) is 0 Å². The summed E-state index contributed by atoms with van der Waals surface area (Å²) in [7, 11) is 3.46. The largest absolute Gasteiger partial charge is 0.490 e. The van der Waals surface area contributed by atoms with Crippen molar-refractivity contribution >= 4 is 11.9 Å². The summed E-state index contributed by atoms with van der Waals surface area (Å²) in [6.07, 6.45) is -3.38. The number of benzene rings is 1. The Morgan fingerprint density at radius 2 is 1.91 bits per heavy atom. The summed E-state index contributed by atoms with van der Waals surface area (Å²) in [5.74, 6) is -1.22. The number of alkyl halides is 3. The number of carboxylic acids is 1. The molecule has 0 bridgehead atoms. The third kappa shape index (κ3) is 6.84. The number of rotatable bonds is 5. The highest BCUT2D eigenvalue weighted by Gasteiger charge is 2.38. The predicted molar refractivity (Wildman–Crippen MR) is 111 cm³/mol. The first kappa shape index (κ1) is 25.3. The molecule has 3 heterocycles. The summed E-state index contributed by atoms with van der Waals surface area (Å²) in [6.45, 7) is 3.24. The summed E-state index contributed by atoms with van der Waals surface area (Å²) in [5.41, 5.74) is 2.29. The standard InChI is InChI=1S/C19H24N4O4.C2HF3O2/c1-21(2)19(24)12-25-16-10-22(9-15-5-6-20-23(15)11-16)8-14-3-4-17-18(7-14)27-13-26-17;3-2(4,5)1(6)7/h3-7,16H,8-13H2,1-2H3;(H,6,7). The van der Waals surface area contributed by atoms with Crippen molar-refractivity contribution in [3.05, 3.63) is 41.7 Å². The average Bonchev–Trinajstić information content (AvgIpc) is 3.37. The quantitative estimate of drug-likeness (QED) is 0.681. The second kappa shape index (κ2) is 10.7. The van der Waals surface area contributed by atoms with E-state index in [1.54, 1.807) is 25.2 Å². The first-order valence-electron chi connectivity index (χ1n) is 10.3. The predicted octanol–water partition coefficient (Wildman–Crippen LogP) is 1.73. The number of fused-ring (bicyclic) bond motifs is 2. The number of carbonyl (C=O) groups excluding carboxylic acids is 1. The van der Waals surface area contributed by atoms with E-state index < -0.39 is 12.1 Å². The summed E-state index contributed by atoms with van der Waals surface area (Å²) in [5, 5.41) is 11.5. The van der Waals surface area contributed by atoms with Crippen molar-refractivity contribution in [2.24, 2.45) is 0 Å². The van der Waals surface area contributed by atoms with Crippen molar-refractivity contribution in [2.75, 3.05) is 34.0 Å². The fraction of sp³-hybridized carbons (Fsp3) is 0.476. The molecule has 0 fully saturated rings. The van der Waals surface area contributed by atoms with Crippen molar-refractivity contribution in [1.82, 2.24) is 19.6 Å². The molecule has 0 spiro atoms. The first-order valence-corrected chi connectivity index (χ1v) is 10.3. The van der Waals surface area contributed by atoms with Crippen molar-refractivity contribution in [3.63, 3.8) is 0 Å². The molecule has 1 aromatic heterocycles. The molecule has 1 aromatic carbocycles. The zero-order chi connectivity index (χ0) is 24.9. The highest BCUT2D eigenvalue weighted by molar-refractivity contribution is 5.76. The maximum absolute atomic E-state index is 11.9. The van der Waals surface area contributed by atoms with Crippen molar-refractivity contribution in [1.29, 1.82) is 0 Å². The molecular formula is C21H25F3N4O6. The topological polar surface area (TPSA) is 106 Å². The number of aromatic nitrogens is 2. The zero-order valence-electron chi connectivity index (χ0n) is 18.6. The lowest BCUT2D eigenvalue weighted by Gasteiger charge is -2.24. The van der Waals surface area contributed by atoms with Crippen LogP contribution < -0.4 is 9.47 Å². The first-order chi connectivity index (χ1) is 16.0. The average molecular weight is 486 g/mol. The van der Waals surface area contributed by atoms with E-state index in [-0.39, 0.29) is 25.4 Å². The normalized spacial score (nSPS) is 17.3. The van der Waals surface area contributed by atoms with E-state index in [0.717, 1.165) is 42.4 Å². The molecular weight excluding hydrogens is 461 g/mol. The zero-order valence-corrected chi connectivity index (χ0v) is 18.6. The van der Waals surface area contributed by atoms with E-state index in [2.05, 4.69) is 16.1 Å². The van der Waals surface area contributed by atoms with Crippen LogP contribution >= 0.6 is 0 Å². The minimum Gasteiger partial charge on any atom is -0.475 e. The Morgan fingerprint density at radius 3 is 2.59 bits per heavy atom. The summed E-state index contributed by atoms with van der Waals surface area (Å²) in [4.78, 5) is 24.6. The summed E-state index contributed by atoms with van der Waals surface area (Å²) < 4.78 is 50.5. The number of aliphatic carboxylic acids is 1. The van der Waals surface area contributed by atoms with Gasteiger partial charge in [0.05, 0.1) is 18.3 Å². The molecule has 1 unspecified atom stereocenters. The fourth-order valence-electron chi connectivity index (χ4n) is 3.33. The number of nitrogens with zero attached hydrogens (tertiary/aromatic N) is 4. The minimum atomic E-state index is -5.08. The molecule has 13 heteroatoms. The van der Waals surface area contributed by atoms with Gasteiger partial charge in [-0.05, 0) is 23.8 Å².